The van der Waals surface area contributed by atoms with Gasteiger partial charge in [-0.25, -0.2) is 5.26 Å². The molecule has 0 aromatic carbocycles. The lowest BCUT2D eigenvalue weighted by Crippen LogP contribution is -2.25. The van der Waals surface area contributed by atoms with Crippen molar-refractivity contribution in [2.45, 2.75) is 32.0 Å². The van der Waals surface area contributed by atoms with Gasteiger partial charge in [0, 0.05) is 37.2 Å². The SMILES string of the molecule is Cc1c(/C=C\CC2C[C@@H](O)C=C(O[OH2+])O2)c(N)c(N)n1C. The minimum atomic E-state index is -0.656. The first-order valence-corrected chi connectivity index (χ1v) is 6.71. The van der Waals surface area contributed by atoms with Crippen LogP contribution < -0.4 is 11.5 Å². The third-order valence-electron chi connectivity index (χ3n) is 3.72. The minimum Gasteiger partial charge on any atom is -0.456 e. The summed E-state index contributed by atoms with van der Waals surface area (Å²) < 4.78 is 7.25. The Kier molecular flexibility index (Phi) is 4.44. The maximum absolute atomic E-state index is 9.64. The molecule has 1 unspecified atom stereocenters. The number of aliphatic hydroxyl groups excluding tert-OH is 1. The number of rotatable bonds is 4. The molecule has 0 spiro atoms. The zero-order valence-electron chi connectivity index (χ0n) is 12.2. The third-order valence-corrected chi connectivity index (χ3v) is 3.72. The molecule has 7 nitrogen and oxygen atoms in total. The topological polar surface area (TPSA) is 119 Å². The number of anilines is 2. The van der Waals surface area contributed by atoms with Crippen LogP contribution in [0.2, 0.25) is 0 Å². The van der Waals surface area contributed by atoms with Crippen molar-refractivity contribution in [3.63, 3.8) is 0 Å². The molecule has 1 aromatic rings. The van der Waals surface area contributed by atoms with E-state index in [1.165, 1.54) is 6.08 Å². The second-order valence-corrected chi connectivity index (χ2v) is 5.13. The highest BCUT2D eigenvalue weighted by molar-refractivity contribution is 5.77. The fourth-order valence-corrected chi connectivity index (χ4v) is 2.37. The molecule has 1 aliphatic rings. The lowest BCUT2D eigenvalue weighted by molar-refractivity contribution is -0.255. The lowest BCUT2D eigenvalue weighted by atomic mass is 10.1. The van der Waals surface area contributed by atoms with Crippen molar-refractivity contribution in [2.75, 3.05) is 11.5 Å². The molecule has 7 heteroatoms. The van der Waals surface area contributed by atoms with E-state index in [9.17, 15) is 5.11 Å². The van der Waals surface area contributed by atoms with Crippen molar-refractivity contribution in [1.29, 1.82) is 0 Å². The molecule has 1 aliphatic heterocycles. The van der Waals surface area contributed by atoms with Crippen molar-refractivity contribution in [3.8, 4) is 0 Å². The quantitative estimate of drug-likeness (QED) is 0.426. The first-order chi connectivity index (χ1) is 9.93. The highest BCUT2D eigenvalue weighted by Gasteiger charge is 2.23. The van der Waals surface area contributed by atoms with Crippen LogP contribution in [0.3, 0.4) is 0 Å². The normalized spacial score (nSPS) is 22.2. The van der Waals surface area contributed by atoms with Crippen molar-refractivity contribution >= 4 is 17.6 Å². The second kappa shape index (κ2) is 6.11. The Balaban J connectivity index is 2.04. The van der Waals surface area contributed by atoms with Crippen LogP contribution in [0, 0.1) is 6.92 Å². The van der Waals surface area contributed by atoms with E-state index in [4.69, 9.17) is 21.5 Å². The lowest BCUT2D eigenvalue weighted by Gasteiger charge is -2.23. The fourth-order valence-electron chi connectivity index (χ4n) is 2.37. The Morgan fingerprint density at radius 1 is 1.57 bits per heavy atom. The summed E-state index contributed by atoms with van der Waals surface area (Å²) in [5.41, 5.74) is 14.3. The van der Waals surface area contributed by atoms with Crippen molar-refractivity contribution in [1.82, 2.24) is 4.57 Å². The van der Waals surface area contributed by atoms with E-state index < -0.39 is 6.10 Å². The van der Waals surface area contributed by atoms with Gasteiger partial charge in [-0.1, -0.05) is 12.2 Å². The van der Waals surface area contributed by atoms with Gasteiger partial charge in [-0.15, -0.1) is 0 Å². The molecule has 7 N–H and O–H groups in total. The number of nitrogens with two attached hydrogens (primary N) is 2. The Morgan fingerprint density at radius 2 is 2.29 bits per heavy atom. The summed E-state index contributed by atoms with van der Waals surface area (Å²) in [5, 5.41) is 16.5. The molecule has 0 radical (unpaired) electrons. The Hall–Kier alpha value is -2.12. The zero-order valence-corrected chi connectivity index (χ0v) is 12.2. The summed E-state index contributed by atoms with van der Waals surface area (Å²) in [6.07, 6.45) is 5.35. The minimum absolute atomic E-state index is 0.0341. The molecule has 0 bridgehead atoms. The van der Waals surface area contributed by atoms with Gasteiger partial charge >= 0.3 is 5.95 Å². The molecular formula is C14H22N3O4+. The molecule has 0 saturated carbocycles. The van der Waals surface area contributed by atoms with Gasteiger partial charge < -0.3 is 25.9 Å². The van der Waals surface area contributed by atoms with Gasteiger partial charge in [0.15, 0.2) is 0 Å². The standard InChI is InChI=1S/C14H21N3O4/c1-8-11(13(15)14(16)17(8)2)5-3-4-10-6-9(18)7-12(20-10)21-19/h3,5,7,9-10,18-19H,4,6,15-16H2,1-2H3/p+1/b5-3-/t9-,10?/m1/s1. The number of ether oxygens (including phenoxy) is 1. The number of aliphatic hydroxyl groups is 1. The third kappa shape index (κ3) is 3.14. The highest BCUT2D eigenvalue weighted by atomic mass is 17.1. The summed E-state index contributed by atoms with van der Waals surface area (Å²) >= 11 is 0. The first-order valence-electron chi connectivity index (χ1n) is 6.71. The second-order valence-electron chi connectivity index (χ2n) is 5.13. The van der Waals surface area contributed by atoms with Crippen molar-refractivity contribution in [2.24, 2.45) is 7.05 Å². The van der Waals surface area contributed by atoms with Gasteiger partial charge in [0.05, 0.1) is 11.8 Å². The Morgan fingerprint density at radius 3 is 2.86 bits per heavy atom. The van der Waals surface area contributed by atoms with Crippen molar-refractivity contribution < 1.29 is 20.0 Å². The average Bonchev–Trinajstić information content (AvgIpc) is 2.64. The molecule has 21 heavy (non-hydrogen) atoms. The van der Waals surface area contributed by atoms with Crippen LogP contribution in [0.1, 0.15) is 24.1 Å². The van der Waals surface area contributed by atoms with Gasteiger partial charge in [0.2, 0.25) is 0 Å². The van der Waals surface area contributed by atoms with Crippen LogP contribution in [0.15, 0.2) is 18.1 Å². The number of nitrogen functional groups attached to an aromatic ring is 2. The van der Waals surface area contributed by atoms with Gasteiger partial charge in [0.1, 0.15) is 11.9 Å². The molecule has 0 aliphatic carbocycles. The van der Waals surface area contributed by atoms with Crippen molar-refractivity contribution in [3.05, 3.63) is 29.4 Å². The molecule has 2 rings (SSSR count). The molecular weight excluding hydrogens is 274 g/mol. The molecule has 116 valence electrons. The fraction of sp³-hybridized carbons (Fsp3) is 0.429. The predicted octanol–water partition coefficient (Wildman–Crippen LogP) is 0.549. The number of hydrogen-bond donors (Lipinski definition) is 3. The maximum atomic E-state index is 9.64. The van der Waals surface area contributed by atoms with Crippen LogP contribution in [0.5, 0.6) is 0 Å². The van der Waals surface area contributed by atoms with E-state index in [2.05, 4.69) is 4.89 Å². The summed E-state index contributed by atoms with van der Waals surface area (Å²) in [7, 11) is 1.86. The number of aromatic nitrogens is 1. The molecule has 1 aromatic heterocycles. The molecule has 0 saturated heterocycles. The van der Waals surface area contributed by atoms with E-state index in [0.29, 0.717) is 24.3 Å². The maximum Gasteiger partial charge on any atom is 0.364 e. The number of nitrogens with zero attached hydrogens (tertiary/aromatic N) is 1. The highest BCUT2D eigenvalue weighted by Crippen LogP contribution is 2.28. The summed E-state index contributed by atoms with van der Waals surface area (Å²) in [4.78, 5) is 4.28. The summed E-state index contributed by atoms with van der Waals surface area (Å²) in [5.74, 6) is 0.580. The average molecular weight is 296 g/mol. The van der Waals surface area contributed by atoms with E-state index >= 15 is 0 Å². The van der Waals surface area contributed by atoms with Gasteiger partial charge in [0.25, 0.3) is 0 Å². The van der Waals surface area contributed by atoms with E-state index in [1.54, 1.807) is 0 Å². The Bertz CT molecular complexity index is 552. The molecule has 0 fully saturated rings. The van der Waals surface area contributed by atoms with Gasteiger partial charge in [-0.05, 0) is 6.92 Å². The largest absolute Gasteiger partial charge is 0.456 e. The van der Waals surface area contributed by atoms with Crippen LogP contribution in [-0.4, -0.2) is 27.1 Å². The van der Waals surface area contributed by atoms with E-state index in [0.717, 1.165) is 11.3 Å². The monoisotopic (exact) mass is 296 g/mol. The Labute approximate surface area is 123 Å². The molecule has 0 amide bonds. The van der Waals surface area contributed by atoms with Gasteiger partial charge in [-0.3, -0.25) is 0 Å². The summed E-state index contributed by atoms with van der Waals surface area (Å²) in [6.45, 7) is 1.95. The van der Waals surface area contributed by atoms with Gasteiger partial charge in [-0.2, -0.15) is 4.89 Å². The summed E-state index contributed by atoms with van der Waals surface area (Å²) in [6, 6.07) is 0. The molecule has 2 heterocycles. The van der Waals surface area contributed by atoms with Crippen LogP contribution in [-0.2, 0) is 16.7 Å². The predicted molar refractivity (Wildman–Crippen MR) is 80.9 cm³/mol. The van der Waals surface area contributed by atoms with E-state index in [1.807, 2.05) is 30.7 Å². The molecule has 2 atom stereocenters. The van der Waals surface area contributed by atoms with Crippen LogP contribution in [0.25, 0.3) is 6.08 Å². The van der Waals surface area contributed by atoms with Crippen LogP contribution >= 0.6 is 0 Å². The van der Waals surface area contributed by atoms with E-state index in [-0.39, 0.29) is 12.0 Å². The first kappa shape index (κ1) is 15.3. The van der Waals surface area contributed by atoms with Crippen LogP contribution in [0.4, 0.5) is 11.5 Å². The smallest absolute Gasteiger partial charge is 0.364 e. The zero-order chi connectivity index (χ0) is 15.6. The number of hydrogen-bond acceptors (Lipinski definition) is 5.